The van der Waals surface area contributed by atoms with Gasteiger partial charge in [-0.05, 0) is 43.4 Å². The van der Waals surface area contributed by atoms with Gasteiger partial charge in [-0.1, -0.05) is 25.0 Å². The van der Waals surface area contributed by atoms with Gasteiger partial charge >= 0.3 is 0 Å². The fourth-order valence-electron chi connectivity index (χ4n) is 2.77. The lowest BCUT2D eigenvalue weighted by molar-refractivity contribution is -0.121. The molecule has 0 saturated heterocycles. The Labute approximate surface area is 109 Å². The molecule has 0 unspecified atom stereocenters. The Kier molecular flexibility index (Phi) is 4.24. The van der Waals surface area contributed by atoms with E-state index in [4.69, 9.17) is 5.73 Å². The topological polar surface area (TPSA) is 55.1 Å². The number of hydrogen-bond acceptors (Lipinski definition) is 2. The third-order valence-corrected chi connectivity index (χ3v) is 3.81. The van der Waals surface area contributed by atoms with E-state index in [1.54, 1.807) is 0 Å². The second kappa shape index (κ2) is 5.89. The minimum absolute atomic E-state index is 0.0972. The number of hydrogen-bond donors (Lipinski definition) is 2. The van der Waals surface area contributed by atoms with E-state index in [0.29, 0.717) is 24.1 Å². The molecule has 0 aromatic heterocycles. The summed E-state index contributed by atoms with van der Waals surface area (Å²) in [5.74, 6) is 0.759. The van der Waals surface area contributed by atoms with Crippen LogP contribution in [-0.4, -0.2) is 11.9 Å². The van der Waals surface area contributed by atoms with Crippen molar-refractivity contribution in [2.75, 3.05) is 5.73 Å². The van der Waals surface area contributed by atoms with Gasteiger partial charge in [0.1, 0.15) is 0 Å². The van der Waals surface area contributed by atoms with Gasteiger partial charge in [-0.15, -0.1) is 0 Å². The summed E-state index contributed by atoms with van der Waals surface area (Å²) >= 11 is 0. The zero-order valence-corrected chi connectivity index (χ0v) is 11.0. The fraction of sp³-hybridized carbons (Fsp3) is 0.533. The molecule has 0 spiro atoms. The highest BCUT2D eigenvalue weighted by Gasteiger charge is 2.22. The van der Waals surface area contributed by atoms with Gasteiger partial charge in [-0.2, -0.15) is 0 Å². The molecule has 0 aliphatic heterocycles. The average Bonchev–Trinajstić information content (AvgIpc) is 2.81. The first-order valence-electron chi connectivity index (χ1n) is 6.79. The second-order valence-electron chi connectivity index (χ2n) is 5.32. The minimum Gasteiger partial charge on any atom is -0.399 e. The molecule has 18 heavy (non-hydrogen) atoms. The van der Waals surface area contributed by atoms with Crippen molar-refractivity contribution >= 4 is 11.6 Å². The second-order valence-corrected chi connectivity index (χ2v) is 5.32. The van der Waals surface area contributed by atoms with Gasteiger partial charge in [0.05, 0.1) is 6.42 Å². The molecule has 1 saturated carbocycles. The van der Waals surface area contributed by atoms with E-state index in [9.17, 15) is 4.79 Å². The van der Waals surface area contributed by atoms with Crippen LogP contribution in [-0.2, 0) is 11.2 Å². The summed E-state index contributed by atoms with van der Waals surface area (Å²) in [5, 5.41) is 3.11. The summed E-state index contributed by atoms with van der Waals surface area (Å²) in [4.78, 5) is 11.9. The monoisotopic (exact) mass is 246 g/mol. The molecule has 0 bridgehead atoms. The van der Waals surface area contributed by atoms with Crippen molar-refractivity contribution in [1.29, 1.82) is 0 Å². The number of carbonyl (C=O) groups is 1. The number of carbonyl (C=O) groups excluding carboxylic acids is 1. The smallest absolute Gasteiger partial charge is 0.224 e. The van der Waals surface area contributed by atoms with Crippen LogP contribution in [0.3, 0.4) is 0 Å². The Bertz CT molecular complexity index is 411. The van der Waals surface area contributed by atoms with Gasteiger partial charge in [0.2, 0.25) is 5.91 Å². The van der Waals surface area contributed by atoms with E-state index in [1.165, 1.54) is 25.7 Å². The fourth-order valence-corrected chi connectivity index (χ4v) is 2.77. The lowest BCUT2D eigenvalue weighted by atomic mass is 9.99. The maximum Gasteiger partial charge on any atom is 0.224 e. The average molecular weight is 246 g/mol. The molecular weight excluding hydrogens is 224 g/mol. The van der Waals surface area contributed by atoms with E-state index in [-0.39, 0.29) is 5.91 Å². The number of anilines is 1. The number of nitrogen functional groups attached to an aromatic ring is 1. The quantitative estimate of drug-likeness (QED) is 0.802. The Morgan fingerprint density at radius 1 is 1.44 bits per heavy atom. The molecule has 1 aliphatic carbocycles. The summed E-state index contributed by atoms with van der Waals surface area (Å²) in [6, 6.07) is 7.82. The van der Waals surface area contributed by atoms with Crippen molar-refractivity contribution in [2.24, 2.45) is 5.92 Å². The van der Waals surface area contributed by atoms with Crippen molar-refractivity contribution in [3.63, 3.8) is 0 Å². The summed E-state index contributed by atoms with van der Waals surface area (Å²) < 4.78 is 0. The van der Waals surface area contributed by atoms with Gasteiger partial charge in [0.25, 0.3) is 0 Å². The first-order valence-corrected chi connectivity index (χ1v) is 6.79. The molecule has 98 valence electrons. The molecule has 1 fully saturated rings. The Morgan fingerprint density at radius 2 is 2.17 bits per heavy atom. The summed E-state index contributed by atoms with van der Waals surface area (Å²) in [5.41, 5.74) is 7.39. The largest absolute Gasteiger partial charge is 0.399 e. The van der Waals surface area contributed by atoms with Crippen LogP contribution in [0.1, 0.15) is 38.2 Å². The molecule has 3 N–H and O–H groups in total. The first-order chi connectivity index (χ1) is 8.65. The number of rotatable bonds is 4. The van der Waals surface area contributed by atoms with Crippen LogP contribution in [0.5, 0.6) is 0 Å². The SMILES string of the molecule is C[C@H](NC(=O)Cc1cccc(N)c1)C1CCCC1. The zero-order chi connectivity index (χ0) is 13.0. The normalized spacial score (nSPS) is 17.6. The molecule has 0 heterocycles. The summed E-state index contributed by atoms with van der Waals surface area (Å²) in [6.45, 7) is 2.12. The van der Waals surface area contributed by atoms with Crippen molar-refractivity contribution in [1.82, 2.24) is 5.32 Å². The molecule has 3 heteroatoms. The minimum atomic E-state index is 0.0972. The van der Waals surface area contributed by atoms with Crippen LogP contribution in [0.4, 0.5) is 5.69 Å². The third-order valence-electron chi connectivity index (χ3n) is 3.81. The predicted octanol–water partition coefficient (Wildman–Crippen LogP) is 2.51. The molecule has 0 radical (unpaired) electrons. The first kappa shape index (κ1) is 12.9. The number of nitrogens with one attached hydrogen (secondary N) is 1. The van der Waals surface area contributed by atoms with Crippen LogP contribution in [0.15, 0.2) is 24.3 Å². The maximum atomic E-state index is 11.9. The zero-order valence-electron chi connectivity index (χ0n) is 11.0. The van der Waals surface area contributed by atoms with E-state index in [2.05, 4.69) is 12.2 Å². The van der Waals surface area contributed by atoms with E-state index in [0.717, 1.165) is 5.56 Å². The van der Waals surface area contributed by atoms with Gasteiger partial charge in [-0.3, -0.25) is 4.79 Å². The van der Waals surface area contributed by atoms with Crippen LogP contribution in [0.25, 0.3) is 0 Å². The molecule has 1 amide bonds. The highest BCUT2D eigenvalue weighted by molar-refractivity contribution is 5.79. The van der Waals surface area contributed by atoms with Crippen molar-refractivity contribution in [3.8, 4) is 0 Å². The highest BCUT2D eigenvalue weighted by atomic mass is 16.1. The summed E-state index contributed by atoms with van der Waals surface area (Å²) in [7, 11) is 0. The lowest BCUT2D eigenvalue weighted by Crippen LogP contribution is -2.38. The Morgan fingerprint density at radius 3 is 2.83 bits per heavy atom. The van der Waals surface area contributed by atoms with E-state index in [1.807, 2.05) is 24.3 Å². The predicted molar refractivity (Wildman–Crippen MR) is 74.1 cm³/mol. The highest BCUT2D eigenvalue weighted by Crippen LogP contribution is 2.27. The lowest BCUT2D eigenvalue weighted by Gasteiger charge is -2.20. The van der Waals surface area contributed by atoms with Crippen LogP contribution < -0.4 is 11.1 Å². The van der Waals surface area contributed by atoms with Crippen LogP contribution in [0.2, 0.25) is 0 Å². The standard InChI is InChI=1S/C15H22N2O/c1-11(13-6-2-3-7-13)17-15(18)10-12-5-4-8-14(16)9-12/h4-5,8-9,11,13H,2-3,6-7,10,16H2,1H3,(H,17,18)/t11-/m0/s1. The van der Waals surface area contributed by atoms with Gasteiger partial charge in [0.15, 0.2) is 0 Å². The van der Waals surface area contributed by atoms with Crippen molar-refractivity contribution < 1.29 is 4.79 Å². The molecule has 1 aliphatic rings. The number of amides is 1. The molecular formula is C15H22N2O. The van der Waals surface area contributed by atoms with Crippen molar-refractivity contribution in [2.45, 2.75) is 45.1 Å². The maximum absolute atomic E-state index is 11.9. The number of benzene rings is 1. The van der Waals surface area contributed by atoms with Gasteiger partial charge in [0, 0.05) is 11.7 Å². The van der Waals surface area contributed by atoms with Crippen molar-refractivity contribution in [3.05, 3.63) is 29.8 Å². The molecule has 1 atom stereocenters. The van der Waals surface area contributed by atoms with E-state index >= 15 is 0 Å². The molecule has 2 rings (SSSR count). The van der Waals surface area contributed by atoms with Gasteiger partial charge < -0.3 is 11.1 Å². The molecule has 1 aromatic rings. The Balaban J connectivity index is 1.84. The third kappa shape index (κ3) is 3.49. The molecule has 1 aromatic carbocycles. The van der Waals surface area contributed by atoms with Crippen LogP contribution in [0, 0.1) is 5.92 Å². The van der Waals surface area contributed by atoms with Gasteiger partial charge in [-0.25, -0.2) is 0 Å². The molecule has 3 nitrogen and oxygen atoms in total. The number of nitrogens with two attached hydrogens (primary N) is 1. The van der Waals surface area contributed by atoms with E-state index < -0.39 is 0 Å². The van der Waals surface area contributed by atoms with Crippen LogP contribution >= 0.6 is 0 Å². The summed E-state index contributed by atoms with van der Waals surface area (Å²) in [6.07, 6.45) is 5.53. The Hall–Kier alpha value is -1.51.